The predicted molar refractivity (Wildman–Crippen MR) is 101 cm³/mol. The molecule has 1 fully saturated rings. The minimum Gasteiger partial charge on any atom is -0.272 e. The molecule has 2 aliphatic heterocycles. The van der Waals surface area contributed by atoms with Crippen LogP contribution in [0.4, 0.5) is 0 Å². The van der Waals surface area contributed by atoms with Crippen LogP contribution in [0.15, 0.2) is 65.7 Å². The lowest BCUT2D eigenvalue weighted by Crippen LogP contribution is -2.40. The Morgan fingerprint density at radius 2 is 1.57 bits per heavy atom. The SMILES string of the molecule is O=C1[C@@H](S)[C@@H](c2ccccc2)N=C2SC(c3ccccc3)SN12. The number of thiol groups is 1. The lowest BCUT2D eigenvalue weighted by Gasteiger charge is -2.29. The van der Waals surface area contributed by atoms with Crippen molar-refractivity contribution in [2.75, 3.05) is 0 Å². The van der Waals surface area contributed by atoms with Crippen molar-refractivity contribution in [2.45, 2.75) is 15.9 Å². The highest BCUT2D eigenvalue weighted by atomic mass is 32.2. The first-order chi connectivity index (χ1) is 11.2. The second-order valence-electron chi connectivity index (χ2n) is 5.31. The van der Waals surface area contributed by atoms with E-state index in [2.05, 4.69) is 24.8 Å². The van der Waals surface area contributed by atoms with Gasteiger partial charge in [0.2, 0.25) is 0 Å². The van der Waals surface area contributed by atoms with Gasteiger partial charge in [-0.2, -0.15) is 12.6 Å². The van der Waals surface area contributed by atoms with Gasteiger partial charge in [0.15, 0.2) is 5.17 Å². The lowest BCUT2D eigenvalue weighted by molar-refractivity contribution is -0.123. The Morgan fingerprint density at radius 1 is 0.957 bits per heavy atom. The maximum Gasteiger partial charge on any atom is 0.254 e. The fourth-order valence-corrected chi connectivity index (χ4v) is 5.67. The third kappa shape index (κ3) is 2.79. The maximum atomic E-state index is 12.7. The number of benzene rings is 2. The summed E-state index contributed by atoms with van der Waals surface area (Å²) in [6.07, 6.45) is 0. The van der Waals surface area contributed by atoms with Gasteiger partial charge in [-0.1, -0.05) is 72.4 Å². The molecule has 2 heterocycles. The highest BCUT2D eigenvalue weighted by Gasteiger charge is 2.44. The van der Waals surface area contributed by atoms with Gasteiger partial charge in [-0.3, -0.25) is 9.79 Å². The molecule has 23 heavy (non-hydrogen) atoms. The summed E-state index contributed by atoms with van der Waals surface area (Å²) in [5.74, 6) is 0.0168. The third-order valence-corrected chi connectivity index (χ3v) is 6.98. The number of amidine groups is 1. The van der Waals surface area contributed by atoms with Crippen LogP contribution in [0.3, 0.4) is 0 Å². The van der Waals surface area contributed by atoms with E-state index >= 15 is 0 Å². The fraction of sp³-hybridized carbons (Fsp3) is 0.176. The quantitative estimate of drug-likeness (QED) is 0.641. The van der Waals surface area contributed by atoms with Gasteiger partial charge in [-0.25, -0.2) is 4.31 Å². The van der Waals surface area contributed by atoms with Crippen LogP contribution in [-0.2, 0) is 4.79 Å². The number of rotatable bonds is 2. The van der Waals surface area contributed by atoms with Gasteiger partial charge >= 0.3 is 0 Å². The summed E-state index contributed by atoms with van der Waals surface area (Å²) in [7, 11) is 0. The summed E-state index contributed by atoms with van der Waals surface area (Å²) < 4.78 is 1.87. The number of nitrogens with zero attached hydrogens (tertiary/aromatic N) is 2. The number of carbonyl (C=O) groups is 1. The van der Waals surface area contributed by atoms with Crippen LogP contribution in [0.2, 0.25) is 0 Å². The summed E-state index contributed by atoms with van der Waals surface area (Å²) in [6.45, 7) is 0. The molecule has 2 aromatic rings. The molecule has 0 N–H and O–H groups in total. The highest BCUT2D eigenvalue weighted by Crippen LogP contribution is 2.53. The largest absolute Gasteiger partial charge is 0.272 e. The first-order valence-electron chi connectivity index (χ1n) is 7.27. The van der Waals surface area contributed by atoms with E-state index in [-0.39, 0.29) is 16.5 Å². The molecule has 0 saturated carbocycles. The average Bonchev–Trinajstić information content (AvgIpc) is 3.04. The summed E-state index contributed by atoms with van der Waals surface area (Å²) in [5, 5.41) is 0.344. The van der Waals surface area contributed by atoms with Gasteiger partial charge in [0.05, 0.1) is 6.04 Å². The van der Waals surface area contributed by atoms with Crippen LogP contribution in [0.5, 0.6) is 0 Å². The minimum absolute atomic E-state index is 0.0168. The van der Waals surface area contributed by atoms with Gasteiger partial charge in [0.25, 0.3) is 5.91 Å². The molecular formula is C17H14N2OS3. The second-order valence-corrected chi connectivity index (χ2v) is 8.28. The number of hydrogen-bond acceptors (Lipinski definition) is 5. The summed E-state index contributed by atoms with van der Waals surface area (Å²) in [6, 6.07) is 19.9. The van der Waals surface area contributed by atoms with Gasteiger partial charge in [-0.15, -0.1) is 0 Å². The van der Waals surface area contributed by atoms with Gasteiger partial charge in [0.1, 0.15) is 9.83 Å². The monoisotopic (exact) mass is 358 g/mol. The van der Waals surface area contributed by atoms with E-state index < -0.39 is 5.25 Å². The molecule has 0 spiro atoms. The molecule has 1 unspecified atom stereocenters. The summed E-state index contributed by atoms with van der Waals surface area (Å²) >= 11 is 7.70. The first kappa shape index (κ1) is 15.2. The van der Waals surface area contributed by atoms with Crippen LogP contribution in [0.25, 0.3) is 0 Å². The van der Waals surface area contributed by atoms with E-state index in [0.717, 1.165) is 10.7 Å². The van der Waals surface area contributed by atoms with Crippen molar-refractivity contribution in [2.24, 2.45) is 4.99 Å². The predicted octanol–water partition coefficient (Wildman–Crippen LogP) is 4.32. The number of aliphatic imine (C=N–C) groups is 1. The Morgan fingerprint density at radius 3 is 2.22 bits per heavy atom. The zero-order valence-electron chi connectivity index (χ0n) is 12.1. The molecule has 0 bridgehead atoms. The Labute approximate surface area is 149 Å². The van der Waals surface area contributed by atoms with Crippen LogP contribution >= 0.6 is 36.3 Å². The van der Waals surface area contributed by atoms with E-state index in [1.165, 1.54) is 17.5 Å². The molecule has 2 aromatic carbocycles. The van der Waals surface area contributed by atoms with Crippen LogP contribution < -0.4 is 0 Å². The first-order valence-corrected chi connectivity index (χ1v) is 9.50. The number of hydrogen-bond donors (Lipinski definition) is 1. The number of carbonyl (C=O) groups excluding carboxylic acids is 1. The Bertz CT molecular complexity index is 751. The second kappa shape index (κ2) is 6.26. The standard InChI is InChI=1S/C17H14N2OS3/c20-15-14(21)13(11-7-3-1-4-8-11)18-17-19(15)23-16(22-17)12-9-5-2-6-10-12/h1-10,13-14,16,21H/t13-,14+,16?/m1/s1. The van der Waals surface area contributed by atoms with E-state index in [1.54, 1.807) is 16.1 Å². The number of fused-ring (bicyclic) bond motifs is 1. The molecule has 0 radical (unpaired) electrons. The molecule has 0 aliphatic carbocycles. The van der Waals surface area contributed by atoms with Crippen molar-refractivity contribution in [1.29, 1.82) is 0 Å². The molecule has 1 amide bonds. The number of amides is 1. The highest BCUT2D eigenvalue weighted by molar-refractivity contribution is 8.28. The minimum atomic E-state index is -0.441. The Kier molecular flexibility index (Phi) is 4.13. The van der Waals surface area contributed by atoms with E-state index in [0.29, 0.717) is 0 Å². The zero-order valence-corrected chi connectivity index (χ0v) is 14.6. The summed E-state index contributed by atoms with van der Waals surface area (Å²) in [4.78, 5) is 17.5. The molecule has 0 aromatic heterocycles. The molecular weight excluding hydrogens is 344 g/mol. The topological polar surface area (TPSA) is 32.7 Å². The molecule has 3 nitrogen and oxygen atoms in total. The molecule has 1 saturated heterocycles. The Hall–Kier alpha value is -1.37. The van der Waals surface area contributed by atoms with E-state index in [9.17, 15) is 4.79 Å². The zero-order chi connectivity index (χ0) is 15.8. The van der Waals surface area contributed by atoms with Crippen LogP contribution in [0, 0.1) is 0 Å². The molecule has 4 rings (SSSR count). The molecule has 2 aliphatic rings. The fourth-order valence-electron chi connectivity index (χ4n) is 2.63. The van der Waals surface area contributed by atoms with Crippen LogP contribution in [-0.4, -0.2) is 20.6 Å². The van der Waals surface area contributed by atoms with E-state index in [1.807, 2.05) is 48.5 Å². The summed E-state index contributed by atoms with van der Waals surface area (Å²) in [5.41, 5.74) is 2.22. The average molecular weight is 359 g/mol. The van der Waals surface area contributed by atoms with Gasteiger partial charge in [-0.05, 0) is 23.1 Å². The van der Waals surface area contributed by atoms with Crippen molar-refractivity contribution in [3.8, 4) is 0 Å². The van der Waals surface area contributed by atoms with Crippen molar-refractivity contribution < 1.29 is 4.79 Å². The normalized spacial score (nSPS) is 26.8. The third-order valence-electron chi connectivity index (χ3n) is 3.80. The van der Waals surface area contributed by atoms with Gasteiger partial charge < -0.3 is 0 Å². The van der Waals surface area contributed by atoms with Crippen molar-refractivity contribution >= 4 is 47.4 Å². The van der Waals surface area contributed by atoms with Crippen LogP contribution in [0.1, 0.15) is 21.8 Å². The molecule has 116 valence electrons. The van der Waals surface area contributed by atoms with Crippen molar-refractivity contribution in [1.82, 2.24) is 4.31 Å². The smallest absolute Gasteiger partial charge is 0.254 e. The number of thioether (sulfide) groups is 1. The van der Waals surface area contributed by atoms with Crippen molar-refractivity contribution in [3.63, 3.8) is 0 Å². The molecule has 6 heteroatoms. The molecule has 3 atom stereocenters. The maximum absolute atomic E-state index is 12.7. The van der Waals surface area contributed by atoms with E-state index in [4.69, 9.17) is 4.99 Å². The van der Waals surface area contributed by atoms with Gasteiger partial charge in [0, 0.05) is 0 Å². The lowest BCUT2D eigenvalue weighted by atomic mass is 10.0. The Balaban J connectivity index is 1.66. The van der Waals surface area contributed by atoms with Crippen molar-refractivity contribution in [3.05, 3.63) is 71.8 Å².